The second-order valence-electron chi connectivity index (χ2n) is 8.64. The van der Waals surface area contributed by atoms with Crippen LogP contribution in [-0.2, 0) is 26.2 Å². The summed E-state index contributed by atoms with van der Waals surface area (Å²) in [5, 5.41) is 2.10. The molecule has 3 aromatic rings. The van der Waals surface area contributed by atoms with E-state index >= 15 is 0 Å². The average molecular weight is 422 g/mol. The van der Waals surface area contributed by atoms with Crippen LogP contribution in [0.5, 0.6) is 0 Å². The highest BCUT2D eigenvalue weighted by molar-refractivity contribution is 7.09. The molecule has 0 aromatic carbocycles. The lowest BCUT2D eigenvalue weighted by Gasteiger charge is -2.42. The first-order valence-electron chi connectivity index (χ1n) is 10.6. The summed E-state index contributed by atoms with van der Waals surface area (Å²) in [5.41, 5.74) is 3.31. The molecule has 5 heterocycles. The van der Waals surface area contributed by atoms with Gasteiger partial charge in [0.05, 0.1) is 5.69 Å². The summed E-state index contributed by atoms with van der Waals surface area (Å²) in [4.78, 5) is 27.9. The molecule has 2 aliphatic rings. The van der Waals surface area contributed by atoms with Crippen molar-refractivity contribution in [3.8, 4) is 0 Å². The van der Waals surface area contributed by atoms with Gasteiger partial charge in [0, 0.05) is 79.9 Å². The Kier molecular flexibility index (Phi) is 5.50. The molecule has 0 radical (unpaired) electrons. The quantitative estimate of drug-likeness (QED) is 0.613. The van der Waals surface area contributed by atoms with Gasteiger partial charge in [-0.1, -0.05) is 12.1 Å². The zero-order valence-electron chi connectivity index (χ0n) is 17.3. The minimum atomic E-state index is 0.197. The first-order chi connectivity index (χ1) is 14.7. The highest BCUT2D eigenvalue weighted by Crippen LogP contribution is 2.35. The lowest BCUT2D eigenvalue weighted by molar-refractivity contribution is 0.113. The molecule has 0 amide bonds. The number of fused-ring (bicyclic) bond motifs is 4. The fraction of sp³-hybridized carbons (Fsp3) is 0.435. The molecule has 0 aliphatic carbocycles. The standard InChI is InChI=1S/C23H27N5OS/c1-26(16-21-3-2-8-30-21)13-18-4-5-22-19-9-17(12-28(22)23(18)29)11-27(14-19)15-20-10-24-6-7-25-20/h2-8,10,17,19H,9,11-16H2,1H3/t17-,19+/m0/s1. The molecule has 30 heavy (non-hydrogen) atoms. The van der Waals surface area contributed by atoms with Gasteiger partial charge in [-0.25, -0.2) is 0 Å². The third-order valence-corrected chi connectivity index (χ3v) is 7.07. The Morgan fingerprint density at radius 2 is 2.10 bits per heavy atom. The van der Waals surface area contributed by atoms with Gasteiger partial charge in [0.2, 0.25) is 0 Å². The number of likely N-dealkylation sites (tertiary alicyclic amines) is 1. The van der Waals surface area contributed by atoms with Crippen LogP contribution < -0.4 is 5.56 Å². The third kappa shape index (κ3) is 4.10. The molecule has 1 fully saturated rings. The van der Waals surface area contributed by atoms with Gasteiger partial charge in [0.15, 0.2) is 0 Å². The lowest BCUT2D eigenvalue weighted by Crippen LogP contribution is -2.47. The van der Waals surface area contributed by atoms with Crippen molar-refractivity contribution in [2.75, 3.05) is 20.1 Å². The molecule has 1 saturated heterocycles. The maximum atomic E-state index is 13.3. The number of hydrogen-bond donors (Lipinski definition) is 0. The molecule has 0 spiro atoms. The van der Waals surface area contributed by atoms with E-state index in [4.69, 9.17) is 0 Å². The van der Waals surface area contributed by atoms with E-state index in [9.17, 15) is 4.79 Å². The Morgan fingerprint density at radius 1 is 1.17 bits per heavy atom. The van der Waals surface area contributed by atoms with E-state index in [0.717, 1.165) is 44.0 Å². The van der Waals surface area contributed by atoms with Crippen LogP contribution in [0.1, 0.15) is 34.2 Å². The van der Waals surface area contributed by atoms with Gasteiger partial charge in [0.25, 0.3) is 5.56 Å². The van der Waals surface area contributed by atoms with E-state index in [1.54, 1.807) is 23.7 Å². The molecule has 6 nitrogen and oxygen atoms in total. The van der Waals surface area contributed by atoms with Crippen LogP contribution in [0.25, 0.3) is 0 Å². The van der Waals surface area contributed by atoms with E-state index in [0.29, 0.717) is 18.4 Å². The maximum Gasteiger partial charge on any atom is 0.255 e. The molecule has 0 unspecified atom stereocenters. The molecule has 7 heteroatoms. The van der Waals surface area contributed by atoms with Crippen molar-refractivity contribution >= 4 is 11.3 Å². The van der Waals surface area contributed by atoms with Gasteiger partial charge >= 0.3 is 0 Å². The summed E-state index contributed by atoms with van der Waals surface area (Å²) in [5.74, 6) is 0.935. The van der Waals surface area contributed by atoms with Crippen LogP contribution in [0, 0.1) is 5.92 Å². The Bertz CT molecular complexity index is 1050. The summed E-state index contributed by atoms with van der Waals surface area (Å²) >= 11 is 1.76. The highest BCUT2D eigenvalue weighted by Gasteiger charge is 2.35. The van der Waals surface area contributed by atoms with Crippen LogP contribution in [-0.4, -0.2) is 44.5 Å². The summed E-state index contributed by atoms with van der Waals surface area (Å²) < 4.78 is 2.06. The molecule has 2 atom stereocenters. The number of piperidine rings is 1. The van der Waals surface area contributed by atoms with Crippen molar-refractivity contribution in [1.82, 2.24) is 24.3 Å². The maximum absolute atomic E-state index is 13.3. The minimum absolute atomic E-state index is 0.197. The summed E-state index contributed by atoms with van der Waals surface area (Å²) in [6.07, 6.45) is 6.49. The number of thiophene rings is 1. The van der Waals surface area contributed by atoms with Crippen molar-refractivity contribution in [2.24, 2.45) is 5.92 Å². The Hall–Kier alpha value is -2.35. The van der Waals surface area contributed by atoms with Crippen molar-refractivity contribution in [1.29, 1.82) is 0 Å². The van der Waals surface area contributed by atoms with E-state index < -0.39 is 0 Å². The second kappa shape index (κ2) is 8.41. The molecule has 5 rings (SSSR count). The Morgan fingerprint density at radius 3 is 2.90 bits per heavy atom. The van der Waals surface area contributed by atoms with Crippen LogP contribution in [0.15, 0.2) is 53.0 Å². The second-order valence-corrected chi connectivity index (χ2v) is 9.67. The third-order valence-electron chi connectivity index (χ3n) is 6.21. The number of hydrogen-bond acceptors (Lipinski definition) is 6. The van der Waals surface area contributed by atoms with Crippen LogP contribution in [0.3, 0.4) is 0 Å². The first-order valence-corrected chi connectivity index (χ1v) is 11.4. The molecule has 0 saturated carbocycles. The first kappa shape index (κ1) is 19.6. The minimum Gasteiger partial charge on any atom is -0.312 e. The largest absolute Gasteiger partial charge is 0.312 e. The van der Waals surface area contributed by atoms with Crippen LogP contribution >= 0.6 is 11.3 Å². The molecular weight excluding hydrogens is 394 g/mol. The normalized spacial score (nSPS) is 21.0. The van der Waals surface area contributed by atoms with Crippen LogP contribution in [0.4, 0.5) is 0 Å². The number of nitrogens with zero attached hydrogens (tertiary/aromatic N) is 5. The fourth-order valence-electron chi connectivity index (χ4n) is 5.00. The molecular formula is C23H27N5OS. The Balaban J connectivity index is 1.31. The van der Waals surface area contributed by atoms with E-state index in [-0.39, 0.29) is 5.56 Å². The number of rotatable bonds is 6. The van der Waals surface area contributed by atoms with Gasteiger partial charge in [-0.3, -0.25) is 24.6 Å². The van der Waals surface area contributed by atoms with Crippen molar-refractivity contribution < 1.29 is 0 Å². The summed E-state index contributed by atoms with van der Waals surface area (Å²) in [6, 6.07) is 8.48. The predicted octanol–water partition coefficient (Wildman–Crippen LogP) is 2.95. The Labute approximate surface area is 180 Å². The molecule has 2 aliphatic heterocycles. The molecule has 0 N–H and O–H groups in total. The monoisotopic (exact) mass is 421 g/mol. The fourth-order valence-corrected chi connectivity index (χ4v) is 5.78. The van der Waals surface area contributed by atoms with Gasteiger partial charge < -0.3 is 4.57 Å². The molecule has 2 bridgehead atoms. The zero-order valence-corrected chi connectivity index (χ0v) is 18.1. The summed E-state index contributed by atoms with van der Waals surface area (Å²) in [6.45, 7) is 5.21. The average Bonchev–Trinajstić information content (AvgIpc) is 3.24. The van der Waals surface area contributed by atoms with E-state index in [1.807, 2.05) is 6.20 Å². The van der Waals surface area contributed by atoms with Gasteiger partial charge in [-0.2, -0.15) is 0 Å². The van der Waals surface area contributed by atoms with Gasteiger partial charge in [-0.15, -0.1) is 11.3 Å². The van der Waals surface area contributed by atoms with Gasteiger partial charge in [-0.05, 0) is 36.9 Å². The van der Waals surface area contributed by atoms with Crippen molar-refractivity contribution in [2.45, 2.75) is 38.5 Å². The van der Waals surface area contributed by atoms with Crippen molar-refractivity contribution in [3.63, 3.8) is 0 Å². The smallest absolute Gasteiger partial charge is 0.255 e. The van der Waals surface area contributed by atoms with E-state index in [2.05, 4.69) is 61.0 Å². The topological polar surface area (TPSA) is 54.3 Å². The SMILES string of the molecule is CN(Cc1cccs1)Cc1ccc2n(c1=O)C[C@H]1C[C@@H]2CN(Cc2cnccn2)C1. The lowest BCUT2D eigenvalue weighted by atomic mass is 9.83. The number of pyridine rings is 1. The number of aromatic nitrogens is 3. The van der Waals surface area contributed by atoms with Gasteiger partial charge in [0.1, 0.15) is 0 Å². The predicted molar refractivity (Wildman–Crippen MR) is 118 cm³/mol. The zero-order chi connectivity index (χ0) is 20.5. The van der Waals surface area contributed by atoms with Crippen LogP contribution in [0.2, 0.25) is 0 Å². The van der Waals surface area contributed by atoms with E-state index in [1.165, 1.54) is 17.0 Å². The molecule has 3 aromatic heterocycles. The molecule has 156 valence electrons. The van der Waals surface area contributed by atoms with Crippen molar-refractivity contribution in [3.05, 3.63) is 80.4 Å². The summed E-state index contributed by atoms with van der Waals surface area (Å²) in [7, 11) is 2.09. The highest BCUT2D eigenvalue weighted by atomic mass is 32.1.